The van der Waals surface area contributed by atoms with Crippen molar-refractivity contribution in [2.75, 3.05) is 13.1 Å². The molecule has 2 aromatic rings. The molecule has 136 valence electrons. The molecule has 1 unspecified atom stereocenters. The average Bonchev–Trinajstić information content (AvgIpc) is 3.12. The molecule has 0 bridgehead atoms. The second-order valence-corrected chi connectivity index (χ2v) is 6.31. The molecule has 1 saturated heterocycles. The number of para-hydroxylation sites is 1. The fourth-order valence-electron chi connectivity index (χ4n) is 3.02. The molecule has 1 fully saturated rings. The van der Waals surface area contributed by atoms with Gasteiger partial charge in [0.15, 0.2) is 0 Å². The van der Waals surface area contributed by atoms with Crippen molar-refractivity contribution in [3.8, 4) is 5.69 Å². The fourth-order valence-corrected chi connectivity index (χ4v) is 3.02. The lowest BCUT2D eigenvalue weighted by atomic mass is 10.1. The molecule has 0 saturated carbocycles. The maximum absolute atomic E-state index is 12.2. The Morgan fingerprint density at radius 3 is 2.69 bits per heavy atom. The van der Waals surface area contributed by atoms with E-state index in [0.717, 1.165) is 27.4 Å². The lowest BCUT2D eigenvalue weighted by Gasteiger charge is -2.17. The first-order valence-electron chi connectivity index (χ1n) is 8.36. The summed E-state index contributed by atoms with van der Waals surface area (Å²) in [5.74, 6) is -0.799. The van der Waals surface area contributed by atoms with Crippen LogP contribution >= 0.6 is 0 Å². The Bertz CT molecular complexity index is 857. The average molecular weight is 355 g/mol. The van der Waals surface area contributed by atoms with Gasteiger partial charge in [-0.2, -0.15) is 5.10 Å². The lowest BCUT2D eigenvalue weighted by molar-refractivity contribution is -0.130. The number of aromatic nitrogens is 2. The van der Waals surface area contributed by atoms with Gasteiger partial charge in [0.2, 0.25) is 5.91 Å². The summed E-state index contributed by atoms with van der Waals surface area (Å²) in [6, 6.07) is 7.07. The second-order valence-electron chi connectivity index (χ2n) is 6.31. The molecule has 8 nitrogen and oxygen atoms in total. The first-order valence-corrected chi connectivity index (χ1v) is 8.36. The third-order valence-corrected chi connectivity index (χ3v) is 4.47. The van der Waals surface area contributed by atoms with E-state index in [4.69, 9.17) is 0 Å². The van der Waals surface area contributed by atoms with Gasteiger partial charge in [0.05, 0.1) is 24.5 Å². The van der Waals surface area contributed by atoms with Crippen molar-refractivity contribution in [1.82, 2.24) is 25.3 Å². The van der Waals surface area contributed by atoms with E-state index in [9.17, 15) is 14.4 Å². The minimum absolute atomic E-state index is 0.0655. The minimum atomic E-state index is -0.540. The van der Waals surface area contributed by atoms with Gasteiger partial charge in [-0.3, -0.25) is 14.5 Å². The van der Waals surface area contributed by atoms with E-state index in [2.05, 4.69) is 15.7 Å². The second kappa shape index (κ2) is 6.99. The zero-order valence-electron chi connectivity index (χ0n) is 14.9. The Balaban J connectivity index is 1.72. The van der Waals surface area contributed by atoms with Gasteiger partial charge in [-0.05, 0) is 32.4 Å². The van der Waals surface area contributed by atoms with Crippen molar-refractivity contribution in [2.24, 2.45) is 0 Å². The number of hydrogen-bond donors (Lipinski definition) is 2. The normalized spacial score (nSPS) is 15.1. The van der Waals surface area contributed by atoms with Crippen LogP contribution in [0.1, 0.15) is 29.8 Å². The van der Waals surface area contributed by atoms with Crippen LogP contribution in [0.2, 0.25) is 0 Å². The highest BCUT2D eigenvalue weighted by atomic mass is 16.2. The molecular formula is C18H21N5O3. The highest BCUT2D eigenvalue weighted by Gasteiger charge is 2.30. The minimum Gasteiger partial charge on any atom is -0.348 e. The van der Waals surface area contributed by atoms with Crippen molar-refractivity contribution in [1.29, 1.82) is 0 Å². The Morgan fingerprint density at radius 2 is 2.04 bits per heavy atom. The van der Waals surface area contributed by atoms with Crippen molar-refractivity contribution in [3.63, 3.8) is 0 Å². The van der Waals surface area contributed by atoms with E-state index in [1.54, 1.807) is 6.20 Å². The van der Waals surface area contributed by atoms with E-state index in [1.807, 2.05) is 49.7 Å². The number of urea groups is 1. The molecular weight excluding hydrogens is 334 g/mol. The van der Waals surface area contributed by atoms with Crippen LogP contribution in [0.25, 0.3) is 5.69 Å². The monoisotopic (exact) mass is 355 g/mol. The molecule has 0 aliphatic carbocycles. The Hall–Kier alpha value is -3.16. The molecule has 1 aromatic carbocycles. The van der Waals surface area contributed by atoms with Crippen molar-refractivity contribution < 1.29 is 14.4 Å². The zero-order valence-corrected chi connectivity index (χ0v) is 14.9. The van der Waals surface area contributed by atoms with Gasteiger partial charge in [0, 0.05) is 11.3 Å². The number of carbonyl (C=O) groups is 3. The van der Waals surface area contributed by atoms with Crippen LogP contribution in [0, 0.1) is 13.8 Å². The summed E-state index contributed by atoms with van der Waals surface area (Å²) in [5.41, 5.74) is 3.87. The molecule has 0 radical (unpaired) electrons. The zero-order chi connectivity index (χ0) is 18.8. The number of amides is 4. The molecule has 1 aromatic heterocycles. The van der Waals surface area contributed by atoms with Crippen LogP contribution < -0.4 is 10.6 Å². The lowest BCUT2D eigenvalue weighted by Crippen LogP contribution is -2.41. The van der Waals surface area contributed by atoms with Crippen molar-refractivity contribution in [3.05, 3.63) is 47.3 Å². The summed E-state index contributed by atoms with van der Waals surface area (Å²) in [5, 5.41) is 9.65. The number of aryl methyl sites for hydroxylation is 1. The van der Waals surface area contributed by atoms with Gasteiger partial charge in [-0.25, -0.2) is 9.48 Å². The van der Waals surface area contributed by atoms with Gasteiger partial charge in [-0.15, -0.1) is 0 Å². The summed E-state index contributed by atoms with van der Waals surface area (Å²) < 4.78 is 1.84. The fraction of sp³-hybridized carbons (Fsp3) is 0.333. The first kappa shape index (κ1) is 17.7. The third-order valence-electron chi connectivity index (χ3n) is 4.47. The molecule has 2 N–H and O–H groups in total. The van der Waals surface area contributed by atoms with Crippen LogP contribution in [-0.2, 0) is 9.59 Å². The van der Waals surface area contributed by atoms with Gasteiger partial charge in [0.25, 0.3) is 5.91 Å². The number of imide groups is 1. The van der Waals surface area contributed by atoms with Crippen LogP contribution in [0.4, 0.5) is 4.79 Å². The maximum atomic E-state index is 12.2. The maximum Gasteiger partial charge on any atom is 0.325 e. The van der Waals surface area contributed by atoms with Crippen molar-refractivity contribution >= 4 is 17.8 Å². The number of hydrogen-bond acceptors (Lipinski definition) is 4. The van der Waals surface area contributed by atoms with E-state index in [-0.39, 0.29) is 19.1 Å². The molecule has 2 heterocycles. The molecule has 3 rings (SSSR count). The van der Waals surface area contributed by atoms with E-state index in [1.165, 1.54) is 0 Å². The first-order chi connectivity index (χ1) is 12.4. The van der Waals surface area contributed by atoms with Gasteiger partial charge in [-0.1, -0.05) is 18.2 Å². The van der Waals surface area contributed by atoms with E-state index >= 15 is 0 Å². The smallest absolute Gasteiger partial charge is 0.325 e. The van der Waals surface area contributed by atoms with E-state index < -0.39 is 17.8 Å². The highest BCUT2D eigenvalue weighted by Crippen LogP contribution is 2.21. The van der Waals surface area contributed by atoms with Gasteiger partial charge >= 0.3 is 6.03 Å². The standard InChI is InChI=1S/C18H21N5O3/c1-11-6-4-5-7-15(11)23-13(3)14(8-20-23)12(2)21-16(24)10-22-17(25)9-19-18(22)26/h4-8,12H,9-10H2,1-3H3,(H,19,26)(H,21,24). The van der Waals surface area contributed by atoms with E-state index in [0.29, 0.717) is 0 Å². The van der Waals surface area contributed by atoms with Crippen LogP contribution in [-0.4, -0.2) is 45.6 Å². The number of nitrogens with one attached hydrogen (secondary N) is 2. The molecule has 1 atom stereocenters. The Morgan fingerprint density at radius 1 is 1.31 bits per heavy atom. The van der Waals surface area contributed by atoms with Gasteiger partial charge < -0.3 is 10.6 Å². The summed E-state index contributed by atoms with van der Waals surface area (Å²) >= 11 is 0. The molecule has 26 heavy (non-hydrogen) atoms. The van der Waals surface area contributed by atoms with Crippen LogP contribution in [0.15, 0.2) is 30.5 Å². The topological polar surface area (TPSA) is 96.3 Å². The number of benzene rings is 1. The van der Waals surface area contributed by atoms with Crippen LogP contribution in [0.5, 0.6) is 0 Å². The third kappa shape index (κ3) is 3.30. The Labute approximate surface area is 151 Å². The predicted molar refractivity (Wildman–Crippen MR) is 94.7 cm³/mol. The number of carbonyl (C=O) groups excluding carboxylic acids is 3. The number of rotatable bonds is 5. The number of nitrogens with zero attached hydrogens (tertiary/aromatic N) is 3. The van der Waals surface area contributed by atoms with Gasteiger partial charge in [0.1, 0.15) is 6.54 Å². The Kier molecular flexibility index (Phi) is 4.75. The molecule has 0 spiro atoms. The molecule has 1 aliphatic heterocycles. The predicted octanol–water partition coefficient (Wildman–Crippen LogP) is 1.22. The summed E-state index contributed by atoms with van der Waals surface area (Å²) in [4.78, 5) is 36.2. The van der Waals surface area contributed by atoms with Crippen molar-refractivity contribution in [2.45, 2.75) is 26.8 Å². The molecule has 1 aliphatic rings. The highest BCUT2D eigenvalue weighted by molar-refractivity contribution is 6.04. The largest absolute Gasteiger partial charge is 0.348 e. The summed E-state index contributed by atoms with van der Waals surface area (Å²) in [6.07, 6.45) is 1.72. The summed E-state index contributed by atoms with van der Waals surface area (Å²) in [7, 11) is 0. The van der Waals surface area contributed by atoms with Crippen LogP contribution in [0.3, 0.4) is 0 Å². The SMILES string of the molecule is Cc1ccccc1-n1ncc(C(C)NC(=O)CN2C(=O)CNC2=O)c1C. The molecule has 8 heteroatoms. The quantitative estimate of drug-likeness (QED) is 0.788. The summed E-state index contributed by atoms with van der Waals surface area (Å²) in [6.45, 7) is 5.44. The molecule has 4 amide bonds.